The zero-order chi connectivity index (χ0) is 8.67. The monoisotopic (exact) mass is 171 g/mol. The molecule has 2 heteroatoms. The first kappa shape index (κ1) is 6.89. The van der Waals surface area contributed by atoms with Crippen molar-refractivity contribution in [2.75, 3.05) is 0 Å². The van der Waals surface area contributed by atoms with Crippen LogP contribution < -0.4 is 0 Å². The minimum atomic E-state index is 0.897. The molecule has 0 N–H and O–H groups in total. The Morgan fingerprint density at radius 3 is 3.31 bits per heavy atom. The largest absolute Gasteiger partial charge is 0.443 e. The lowest BCUT2D eigenvalue weighted by atomic mass is 9.96. The molecule has 0 atom stereocenters. The van der Waals surface area contributed by atoms with Gasteiger partial charge in [0.1, 0.15) is 5.52 Å². The highest BCUT2D eigenvalue weighted by molar-refractivity contribution is 5.81. The number of nitrogens with zero attached hydrogens (tertiary/aromatic N) is 1. The van der Waals surface area contributed by atoms with Crippen LogP contribution in [0.25, 0.3) is 17.2 Å². The molecule has 3 rings (SSSR count). The number of oxazole rings is 1. The Labute approximate surface area is 75.9 Å². The summed E-state index contributed by atoms with van der Waals surface area (Å²) >= 11 is 0. The topological polar surface area (TPSA) is 26.0 Å². The number of hydrogen-bond donors (Lipinski definition) is 0. The lowest BCUT2D eigenvalue weighted by molar-refractivity contribution is 0.602. The molecule has 2 aromatic rings. The van der Waals surface area contributed by atoms with Crippen molar-refractivity contribution in [3.63, 3.8) is 0 Å². The Kier molecular flexibility index (Phi) is 1.30. The van der Waals surface area contributed by atoms with Gasteiger partial charge < -0.3 is 4.42 Å². The van der Waals surface area contributed by atoms with E-state index in [1.165, 1.54) is 17.5 Å². The average Bonchev–Trinajstić information content (AvgIpc) is 2.65. The molecule has 13 heavy (non-hydrogen) atoms. The number of aromatic nitrogens is 1. The number of aryl methyl sites for hydroxylation is 1. The van der Waals surface area contributed by atoms with E-state index in [1.54, 1.807) is 0 Å². The molecule has 2 nitrogen and oxygen atoms in total. The molecule has 0 aliphatic heterocycles. The SMILES string of the molecule is C1=Cc2ccc3ocnc3c2CC1. The molecular formula is C11H9NO. The molecule has 0 amide bonds. The normalized spacial score (nSPS) is 14.8. The highest BCUT2D eigenvalue weighted by atomic mass is 16.3. The van der Waals surface area contributed by atoms with E-state index >= 15 is 0 Å². The molecule has 0 unspecified atom stereocenters. The zero-order valence-corrected chi connectivity index (χ0v) is 7.16. The third kappa shape index (κ3) is 0.917. The molecule has 1 aliphatic rings. The van der Waals surface area contributed by atoms with E-state index in [2.05, 4.69) is 23.2 Å². The highest BCUT2D eigenvalue weighted by Crippen LogP contribution is 2.26. The van der Waals surface area contributed by atoms with Crippen LogP contribution in [-0.2, 0) is 6.42 Å². The average molecular weight is 171 g/mol. The third-order valence-electron chi connectivity index (χ3n) is 2.50. The van der Waals surface area contributed by atoms with Crippen LogP contribution in [0.5, 0.6) is 0 Å². The first-order chi connectivity index (χ1) is 6.45. The van der Waals surface area contributed by atoms with Crippen molar-refractivity contribution < 1.29 is 4.42 Å². The van der Waals surface area contributed by atoms with Gasteiger partial charge in [-0.05, 0) is 30.0 Å². The Balaban J connectivity index is 2.42. The predicted octanol–water partition coefficient (Wildman–Crippen LogP) is 2.79. The number of rotatable bonds is 0. The Bertz CT molecular complexity index is 482. The van der Waals surface area contributed by atoms with Crippen molar-refractivity contribution in [3.8, 4) is 0 Å². The van der Waals surface area contributed by atoms with Gasteiger partial charge in [-0.3, -0.25) is 0 Å². The number of fused-ring (bicyclic) bond motifs is 3. The second-order valence-corrected chi connectivity index (χ2v) is 3.27. The molecule has 0 saturated carbocycles. The van der Waals surface area contributed by atoms with E-state index in [0.717, 1.165) is 23.9 Å². The first-order valence-electron chi connectivity index (χ1n) is 4.47. The van der Waals surface area contributed by atoms with Gasteiger partial charge in [0, 0.05) is 0 Å². The number of hydrogen-bond acceptors (Lipinski definition) is 2. The lowest BCUT2D eigenvalue weighted by Crippen LogP contribution is -1.94. The van der Waals surface area contributed by atoms with Gasteiger partial charge in [0.15, 0.2) is 12.0 Å². The summed E-state index contributed by atoms with van der Waals surface area (Å²) in [7, 11) is 0. The van der Waals surface area contributed by atoms with Crippen LogP contribution in [0.1, 0.15) is 17.5 Å². The fraction of sp³-hybridized carbons (Fsp3) is 0.182. The van der Waals surface area contributed by atoms with Gasteiger partial charge in [-0.25, -0.2) is 4.98 Å². The summed E-state index contributed by atoms with van der Waals surface area (Å²) in [5.74, 6) is 0. The lowest BCUT2D eigenvalue weighted by Gasteiger charge is -2.09. The fourth-order valence-corrected chi connectivity index (χ4v) is 1.86. The van der Waals surface area contributed by atoms with Gasteiger partial charge in [-0.1, -0.05) is 18.2 Å². The van der Waals surface area contributed by atoms with Crippen LogP contribution in [-0.4, -0.2) is 4.98 Å². The Hall–Kier alpha value is -1.57. The third-order valence-corrected chi connectivity index (χ3v) is 2.50. The molecule has 0 radical (unpaired) electrons. The minimum Gasteiger partial charge on any atom is -0.443 e. The van der Waals surface area contributed by atoms with Crippen molar-refractivity contribution >= 4 is 17.2 Å². The van der Waals surface area contributed by atoms with Crippen molar-refractivity contribution in [2.24, 2.45) is 0 Å². The van der Waals surface area contributed by atoms with Crippen LogP contribution >= 0.6 is 0 Å². The van der Waals surface area contributed by atoms with Gasteiger partial charge in [-0.2, -0.15) is 0 Å². The maximum atomic E-state index is 5.25. The molecule has 1 heterocycles. The second kappa shape index (κ2) is 2.46. The molecule has 1 aromatic heterocycles. The molecule has 0 fully saturated rings. The second-order valence-electron chi connectivity index (χ2n) is 3.27. The smallest absolute Gasteiger partial charge is 0.181 e. The van der Waals surface area contributed by atoms with Gasteiger partial charge in [0.05, 0.1) is 0 Å². The van der Waals surface area contributed by atoms with Crippen LogP contribution in [0.15, 0.2) is 29.0 Å². The quantitative estimate of drug-likeness (QED) is 0.609. The van der Waals surface area contributed by atoms with E-state index in [9.17, 15) is 0 Å². The van der Waals surface area contributed by atoms with Crippen molar-refractivity contribution in [1.29, 1.82) is 0 Å². The Morgan fingerprint density at radius 1 is 1.31 bits per heavy atom. The molecule has 1 aromatic carbocycles. The van der Waals surface area contributed by atoms with Gasteiger partial charge in [0.2, 0.25) is 0 Å². The first-order valence-corrected chi connectivity index (χ1v) is 4.47. The fourth-order valence-electron chi connectivity index (χ4n) is 1.86. The number of benzene rings is 1. The zero-order valence-electron chi connectivity index (χ0n) is 7.16. The standard InChI is InChI=1S/C11H9NO/c1-2-4-9-8(3-1)5-6-10-11(9)12-7-13-10/h1,3,5-7H,2,4H2. The van der Waals surface area contributed by atoms with Gasteiger partial charge >= 0.3 is 0 Å². The summed E-state index contributed by atoms with van der Waals surface area (Å²) in [5, 5.41) is 0. The molecule has 0 bridgehead atoms. The van der Waals surface area contributed by atoms with E-state index in [0.29, 0.717) is 0 Å². The molecule has 0 saturated heterocycles. The van der Waals surface area contributed by atoms with Crippen LogP contribution in [0, 0.1) is 0 Å². The van der Waals surface area contributed by atoms with Crippen molar-refractivity contribution in [2.45, 2.75) is 12.8 Å². The van der Waals surface area contributed by atoms with Gasteiger partial charge in [-0.15, -0.1) is 0 Å². The summed E-state index contributed by atoms with van der Waals surface area (Å²) < 4.78 is 5.25. The van der Waals surface area contributed by atoms with Crippen molar-refractivity contribution in [1.82, 2.24) is 4.98 Å². The van der Waals surface area contributed by atoms with Crippen LogP contribution in [0.3, 0.4) is 0 Å². The maximum Gasteiger partial charge on any atom is 0.181 e. The molecular weight excluding hydrogens is 162 g/mol. The summed E-state index contributed by atoms with van der Waals surface area (Å²) in [6.07, 6.45) is 8.07. The van der Waals surface area contributed by atoms with Crippen LogP contribution in [0.4, 0.5) is 0 Å². The summed E-state index contributed by atoms with van der Waals surface area (Å²) in [6, 6.07) is 4.08. The minimum absolute atomic E-state index is 0.897. The van der Waals surface area contributed by atoms with E-state index < -0.39 is 0 Å². The van der Waals surface area contributed by atoms with E-state index in [-0.39, 0.29) is 0 Å². The van der Waals surface area contributed by atoms with Crippen molar-refractivity contribution in [3.05, 3.63) is 35.7 Å². The summed E-state index contributed by atoms with van der Waals surface area (Å²) in [4.78, 5) is 4.23. The van der Waals surface area contributed by atoms with Crippen LogP contribution in [0.2, 0.25) is 0 Å². The number of allylic oxidation sites excluding steroid dienone is 1. The molecule has 0 spiro atoms. The highest BCUT2D eigenvalue weighted by Gasteiger charge is 2.10. The summed E-state index contributed by atoms with van der Waals surface area (Å²) in [6.45, 7) is 0. The predicted molar refractivity (Wildman–Crippen MR) is 51.4 cm³/mol. The van der Waals surface area contributed by atoms with E-state index in [4.69, 9.17) is 4.42 Å². The molecule has 64 valence electrons. The van der Waals surface area contributed by atoms with E-state index in [1.807, 2.05) is 6.07 Å². The summed E-state index contributed by atoms with van der Waals surface area (Å²) in [5.41, 5.74) is 4.54. The molecule has 1 aliphatic carbocycles. The maximum absolute atomic E-state index is 5.25. The van der Waals surface area contributed by atoms with Gasteiger partial charge in [0.25, 0.3) is 0 Å². The Morgan fingerprint density at radius 2 is 2.31 bits per heavy atom.